The van der Waals surface area contributed by atoms with Crippen LogP contribution in [-0.2, 0) is 13.1 Å². The minimum Gasteiger partial charge on any atom is -0.497 e. The van der Waals surface area contributed by atoms with Crippen molar-refractivity contribution in [3.63, 3.8) is 0 Å². The Labute approximate surface area is 159 Å². The summed E-state index contributed by atoms with van der Waals surface area (Å²) in [7, 11) is 1.62. The Hall–Kier alpha value is -2.64. The lowest BCUT2D eigenvalue weighted by atomic mass is 10.2. The van der Waals surface area contributed by atoms with Gasteiger partial charge in [-0.15, -0.1) is 22.7 Å². The quantitative estimate of drug-likeness (QED) is 0.602. The number of hydrogen-bond donors (Lipinski definition) is 2. The lowest BCUT2D eigenvalue weighted by Gasteiger charge is -2.07. The fourth-order valence-electron chi connectivity index (χ4n) is 2.28. The Balaban J connectivity index is 1.46. The van der Waals surface area contributed by atoms with Gasteiger partial charge in [0.1, 0.15) is 5.75 Å². The second kappa shape index (κ2) is 8.64. The molecular formula is C19H18N2O3S2. The Morgan fingerprint density at radius 2 is 1.73 bits per heavy atom. The number of carbonyl (C=O) groups is 2. The molecule has 3 aromatic rings. The van der Waals surface area contributed by atoms with Gasteiger partial charge in [-0.05, 0) is 41.3 Å². The second-order valence-corrected chi connectivity index (χ2v) is 7.57. The lowest BCUT2D eigenvalue weighted by Crippen LogP contribution is -2.34. The summed E-state index contributed by atoms with van der Waals surface area (Å²) >= 11 is 2.83. The molecule has 0 atom stereocenters. The Kier molecular flexibility index (Phi) is 6.04. The molecule has 3 rings (SSSR count). The van der Waals surface area contributed by atoms with Crippen LogP contribution in [-0.4, -0.2) is 18.9 Å². The van der Waals surface area contributed by atoms with Gasteiger partial charge in [-0.1, -0.05) is 18.2 Å². The van der Waals surface area contributed by atoms with E-state index in [1.165, 1.54) is 22.7 Å². The van der Waals surface area contributed by atoms with E-state index in [0.29, 0.717) is 18.0 Å². The van der Waals surface area contributed by atoms with Crippen molar-refractivity contribution in [3.8, 4) is 5.75 Å². The third kappa shape index (κ3) is 4.71. The van der Waals surface area contributed by atoms with Crippen LogP contribution in [0.2, 0.25) is 0 Å². The highest BCUT2D eigenvalue weighted by Crippen LogP contribution is 2.22. The van der Waals surface area contributed by atoms with Crippen molar-refractivity contribution in [2.45, 2.75) is 13.1 Å². The summed E-state index contributed by atoms with van der Waals surface area (Å²) < 4.78 is 5.10. The molecule has 0 aliphatic heterocycles. The number of amides is 2. The van der Waals surface area contributed by atoms with E-state index in [4.69, 9.17) is 4.74 Å². The molecule has 26 heavy (non-hydrogen) atoms. The van der Waals surface area contributed by atoms with Crippen LogP contribution in [0, 0.1) is 0 Å². The first kappa shape index (κ1) is 18.2. The van der Waals surface area contributed by atoms with Gasteiger partial charge in [0.2, 0.25) is 5.78 Å². The molecule has 2 aromatic heterocycles. The van der Waals surface area contributed by atoms with Crippen molar-refractivity contribution in [2.24, 2.45) is 0 Å². The smallest absolute Gasteiger partial charge is 0.315 e. The number of ketones is 1. The number of thiophene rings is 2. The van der Waals surface area contributed by atoms with Crippen molar-refractivity contribution in [2.75, 3.05) is 7.11 Å². The molecule has 0 spiro atoms. The van der Waals surface area contributed by atoms with E-state index in [2.05, 4.69) is 10.6 Å². The van der Waals surface area contributed by atoms with Crippen molar-refractivity contribution < 1.29 is 14.3 Å². The van der Waals surface area contributed by atoms with Crippen molar-refractivity contribution in [3.05, 3.63) is 74.1 Å². The third-order valence-electron chi connectivity index (χ3n) is 3.67. The monoisotopic (exact) mass is 386 g/mol. The summed E-state index contributed by atoms with van der Waals surface area (Å²) in [5.41, 5.74) is 0.987. The topological polar surface area (TPSA) is 67.4 Å². The van der Waals surface area contributed by atoms with Crippen molar-refractivity contribution in [1.82, 2.24) is 10.6 Å². The minimum absolute atomic E-state index is 0.0280. The molecule has 7 heteroatoms. The van der Waals surface area contributed by atoms with Crippen LogP contribution in [0.15, 0.2) is 53.9 Å². The van der Waals surface area contributed by atoms with Crippen LogP contribution in [0.4, 0.5) is 4.79 Å². The zero-order valence-electron chi connectivity index (χ0n) is 14.2. The van der Waals surface area contributed by atoms with Gasteiger partial charge in [-0.25, -0.2) is 4.79 Å². The lowest BCUT2D eigenvalue weighted by molar-refractivity contribution is 0.104. The second-order valence-electron chi connectivity index (χ2n) is 5.46. The molecule has 134 valence electrons. The average Bonchev–Trinajstić information content (AvgIpc) is 3.36. The molecule has 0 aliphatic rings. The van der Waals surface area contributed by atoms with E-state index in [-0.39, 0.29) is 11.8 Å². The van der Waals surface area contributed by atoms with E-state index >= 15 is 0 Å². The molecule has 2 heterocycles. The number of rotatable bonds is 7. The van der Waals surface area contributed by atoms with Gasteiger partial charge >= 0.3 is 6.03 Å². The highest BCUT2D eigenvalue weighted by atomic mass is 32.1. The normalized spacial score (nSPS) is 10.3. The standard InChI is InChI=1S/C19H18N2O3S2/c1-24-14-6-4-13(5-7-14)11-20-19(23)21-12-15-8-9-17(26-15)18(22)16-3-2-10-25-16/h2-10H,11-12H2,1H3,(H2,20,21,23). The summed E-state index contributed by atoms with van der Waals surface area (Å²) in [5, 5.41) is 7.50. The molecular weight excluding hydrogens is 368 g/mol. The number of methoxy groups -OCH3 is 1. The van der Waals surface area contributed by atoms with E-state index in [1.807, 2.05) is 47.8 Å². The molecule has 0 aliphatic carbocycles. The van der Waals surface area contributed by atoms with Gasteiger partial charge in [0.15, 0.2) is 0 Å². The van der Waals surface area contributed by atoms with Crippen LogP contribution in [0.25, 0.3) is 0 Å². The first-order valence-electron chi connectivity index (χ1n) is 7.97. The number of hydrogen-bond acceptors (Lipinski definition) is 5. The molecule has 0 saturated heterocycles. The Morgan fingerprint density at radius 1 is 0.962 bits per heavy atom. The minimum atomic E-state index is -0.250. The molecule has 0 unspecified atom stereocenters. The molecule has 2 N–H and O–H groups in total. The zero-order valence-corrected chi connectivity index (χ0v) is 15.8. The fourth-order valence-corrected chi connectivity index (χ4v) is 3.92. The molecule has 0 bridgehead atoms. The number of benzene rings is 1. The third-order valence-corrected chi connectivity index (χ3v) is 5.62. The first-order chi connectivity index (χ1) is 12.7. The summed E-state index contributed by atoms with van der Waals surface area (Å²) in [6.45, 7) is 0.819. The maximum absolute atomic E-state index is 12.3. The van der Waals surface area contributed by atoms with Crippen molar-refractivity contribution >= 4 is 34.5 Å². The zero-order chi connectivity index (χ0) is 18.4. The molecule has 0 fully saturated rings. The summed E-state index contributed by atoms with van der Waals surface area (Å²) in [5.74, 6) is 0.809. The molecule has 5 nitrogen and oxygen atoms in total. The van der Waals surface area contributed by atoms with E-state index in [0.717, 1.165) is 21.1 Å². The largest absolute Gasteiger partial charge is 0.497 e. The van der Waals surface area contributed by atoms with Crippen LogP contribution >= 0.6 is 22.7 Å². The summed E-state index contributed by atoms with van der Waals surface area (Å²) in [6.07, 6.45) is 0. The Morgan fingerprint density at radius 3 is 2.42 bits per heavy atom. The van der Waals surface area contributed by atoms with E-state index in [1.54, 1.807) is 13.2 Å². The van der Waals surface area contributed by atoms with Gasteiger partial charge in [-0.2, -0.15) is 0 Å². The van der Waals surface area contributed by atoms with Gasteiger partial charge in [0.05, 0.1) is 23.4 Å². The van der Waals surface area contributed by atoms with Gasteiger partial charge in [-0.3, -0.25) is 4.79 Å². The van der Waals surface area contributed by atoms with Gasteiger partial charge in [0, 0.05) is 11.4 Å². The maximum Gasteiger partial charge on any atom is 0.315 e. The molecule has 0 saturated carbocycles. The highest BCUT2D eigenvalue weighted by molar-refractivity contribution is 7.16. The predicted molar refractivity (Wildman–Crippen MR) is 104 cm³/mol. The van der Waals surface area contributed by atoms with Crippen LogP contribution in [0.5, 0.6) is 5.75 Å². The number of nitrogens with one attached hydrogen (secondary N) is 2. The molecule has 2 amide bonds. The summed E-state index contributed by atoms with van der Waals surface area (Å²) in [4.78, 5) is 26.6. The van der Waals surface area contributed by atoms with Crippen LogP contribution in [0.1, 0.15) is 25.0 Å². The first-order valence-corrected chi connectivity index (χ1v) is 9.67. The predicted octanol–water partition coefficient (Wildman–Crippen LogP) is 4.05. The van der Waals surface area contributed by atoms with Crippen LogP contribution in [0.3, 0.4) is 0 Å². The SMILES string of the molecule is COc1ccc(CNC(=O)NCc2ccc(C(=O)c3cccs3)s2)cc1. The van der Waals surface area contributed by atoms with E-state index in [9.17, 15) is 9.59 Å². The average molecular weight is 386 g/mol. The maximum atomic E-state index is 12.3. The van der Waals surface area contributed by atoms with Crippen LogP contribution < -0.4 is 15.4 Å². The molecule has 0 radical (unpaired) electrons. The molecule has 1 aromatic carbocycles. The fraction of sp³-hybridized carbons (Fsp3) is 0.158. The highest BCUT2D eigenvalue weighted by Gasteiger charge is 2.13. The van der Waals surface area contributed by atoms with Gasteiger partial charge in [0.25, 0.3) is 0 Å². The number of urea groups is 1. The summed E-state index contributed by atoms with van der Waals surface area (Å²) in [6, 6.07) is 14.6. The number of carbonyl (C=O) groups excluding carboxylic acids is 2. The van der Waals surface area contributed by atoms with E-state index < -0.39 is 0 Å². The van der Waals surface area contributed by atoms with Crippen molar-refractivity contribution in [1.29, 1.82) is 0 Å². The number of ether oxygens (including phenoxy) is 1. The van der Waals surface area contributed by atoms with Gasteiger partial charge < -0.3 is 15.4 Å². The Bertz CT molecular complexity index is 871.